The first-order chi connectivity index (χ1) is 12.0. The van der Waals surface area contributed by atoms with Crippen LogP contribution in [0.2, 0.25) is 0 Å². The predicted molar refractivity (Wildman–Crippen MR) is 91.8 cm³/mol. The molecule has 2 N–H and O–H groups in total. The van der Waals surface area contributed by atoms with E-state index >= 15 is 0 Å². The van der Waals surface area contributed by atoms with Gasteiger partial charge >= 0.3 is 0 Å². The Morgan fingerprint density at radius 1 is 1.40 bits per heavy atom. The van der Waals surface area contributed by atoms with Crippen molar-refractivity contribution in [3.63, 3.8) is 0 Å². The molecule has 0 radical (unpaired) electrons. The molecule has 7 nitrogen and oxygen atoms in total. The van der Waals surface area contributed by atoms with Crippen LogP contribution in [0.15, 0.2) is 12.4 Å². The van der Waals surface area contributed by atoms with Crippen LogP contribution in [0, 0.1) is 0 Å². The maximum atomic E-state index is 12.3. The number of rotatable bonds is 5. The van der Waals surface area contributed by atoms with Crippen LogP contribution < -0.4 is 5.32 Å². The third-order valence-corrected chi connectivity index (χ3v) is 6.03. The standard InChI is InChI=1S/C18H28N4O3/c1-21-7-6-19-17(21)18(24)9-13-4-5-14(10-18)22(13)12-16(23)20-11-15-3-2-8-25-15/h6-7,13-15,24H,2-5,8-12H2,1H3,(H,20,23)/t13-,14-,15+/m1/s1. The molecular weight excluding hydrogens is 320 g/mol. The molecule has 7 heteroatoms. The van der Waals surface area contributed by atoms with E-state index in [1.54, 1.807) is 6.20 Å². The van der Waals surface area contributed by atoms with Crippen molar-refractivity contribution in [2.24, 2.45) is 7.05 Å². The Bertz CT molecular complexity index is 612. The highest BCUT2D eigenvalue weighted by Crippen LogP contribution is 2.44. The van der Waals surface area contributed by atoms with Gasteiger partial charge in [-0.05, 0) is 38.5 Å². The summed E-state index contributed by atoms with van der Waals surface area (Å²) in [5, 5.41) is 14.2. The van der Waals surface area contributed by atoms with Crippen LogP contribution in [-0.2, 0) is 22.2 Å². The molecule has 4 rings (SSSR count). The minimum atomic E-state index is -0.880. The van der Waals surface area contributed by atoms with Gasteiger partial charge in [0.05, 0.1) is 12.6 Å². The number of hydrogen-bond donors (Lipinski definition) is 2. The van der Waals surface area contributed by atoms with Gasteiger partial charge < -0.3 is 19.7 Å². The van der Waals surface area contributed by atoms with E-state index in [-0.39, 0.29) is 24.1 Å². The second-order valence-corrected chi connectivity index (χ2v) is 7.80. The first-order valence-electron chi connectivity index (χ1n) is 9.39. The van der Waals surface area contributed by atoms with Crippen LogP contribution in [0.5, 0.6) is 0 Å². The fraction of sp³-hybridized carbons (Fsp3) is 0.778. The molecule has 138 valence electrons. The van der Waals surface area contributed by atoms with E-state index in [2.05, 4.69) is 15.2 Å². The monoisotopic (exact) mass is 348 g/mol. The van der Waals surface area contributed by atoms with Gasteiger partial charge in [0, 0.05) is 44.7 Å². The van der Waals surface area contributed by atoms with Crippen molar-refractivity contribution in [1.82, 2.24) is 19.8 Å². The van der Waals surface area contributed by atoms with Gasteiger partial charge in [-0.1, -0.05) is 0 Å². The summed E-state index contributed by atoms with van der Waals surface area (Å²) in [4.78, 5) is 19.0. The Labute approximate surface area is 148 Å². The fourth-order valence-electron chi connectivity index (χ4n) is 4.83. The van der Waals surface area contributed by atoms with E-state index < -0.39 is 5.60 Å². The van der Waals surface area contributed by atoms with Crippen LogP contribution in [-0.4, -0.2) is 63.3 Å². The van der Waals surface area contributed by atoms with E-state index in [1.165, 1.54) is 0 Å². The summed E-state index contributed by atoms with van der Waals surface area (Å²) < 4.78 is 7.46. The van der Waals surface area contributed by atoms with Gasteiger partial charge in [0.25, 0.3) is 0 Å². The molecule has 3 aliphatic rings. The normalized spacial score (nSPS) is 35.2. The topological polar surface area (TPSA) is 79.6 Å². The van der Waals surface area contributed by atoms with E-state index in [0.29, 0.717) is 25.9 Å². The maximum absolute atomic E-state index is 12.3. The second kappa shape index (κ2) is 6.70. The van der Waals surface area contributed by atoms with Crippen LogP contribution >= 0.6 is 0 Å². The number of imidazole rings is 1. The number of fused-ring (bicyclic) bond motifs is 2. The fourth-order valence-corrected chi connectivity index (χ4v) is 4.83. The minimum absolute atomic E-state index is 0.0647. The molecular formula is C18H28N4O3. The molecule has 25 heavy (non-hydrogen) atoms. The number of nitrogens with one attached hydrogen (secondary N) is 1. The molecule has 3 aliphatic heterocycles. The minimum Gasteiger partial charge on any atom is -0.382 e. The highest BCUT2D eigenvalue weighted by molar-refractivity contribution is 5.78. The number of piperidine rings is 1. The molecule has 0 aromatic carbocycles. The average Bonchev–Trinajstić information content (AvgIpc) is 3.28. The lowest BCUT2D eigenvalue weighted by atomic mass is 9.85. The molecule has 3 saturated heterocycles. The Hall–Kier alpha value is -1.44. The Balaban J connectivity index is 1.36. The van der Waals surface area contributed by atoms with Crippen molar-refractivity contribution in [3.8, 4) is 0 Å². The van der Waals surface area contributed by atoms with Crippen molar-refractivity contribution < 1.29 is 14.6 Å². The first-order valence-corrected chi connectivity index (χ1v) is 9.39. The Kier molecular flexibility index (Phi) is 4.56. The van der Waals surface area contributed by atoms with Gasteiger partial charge in [-0.2, -0.15) is 0 Å². The third-order valence-electron chi connectivity index (χ3n) is 6.03. The zero-order valence-electron chi connectivity index (χ0n) is 14.9. The van der Waals surface area contributed by atoms with Crippen LogP contribution in [0.3, 0.4) is 0 Å². The molecule has 0 saturated carbocycles. The zero-order chi connectivity index (χ0) is 17.4. The lowest BCUT2D eigenvalue weighted by molar-refractivity contribution is -0.126. The highest BCUT2D eigenvalue weighted by atomic mass is 16.5. The zero-order valence-corrected chi connectivity index (χ0v) is 14.9. The lowest BCUT2D eigenvalue weighted by Crippen LogP contribution is -2.53. The molecule has 1 amide bonds. The van der Waals surface area contributed by atoms with Crippen molar-refractivity contribution in [3.05, 3.63) is 18.2 Å². The number of hydrogen-bond acceptors (Lipinski definition) is 5. The van der Waals surface area contributed by atoms with Gasteiger partial charge in [-0.15, -0.1) is 0 Å². The summed E-state index contributed by atoms with van der Waals surface area (Å²) in [5.74, 6) is 0.807. The maximum Gasteiger partial charge on any atom is 0.234 e. The molecule has 4 heterocycles. The van der Waals surface area contributed by atoms with Gasteiger partial charge in [0.1, 0.15) is 11.4 Å². The van der Waals surface area contributed by atoms with Crippen LogP contribution in [0.4, 0.5) is 0 Å². The molecule has 0 unspecified atom stereocenters. The number of carbonyl (C=O) groups excluding carboxylic acids is 1. The SMILES string of the molecule is Cn1ccnc1C1(O)C[C@H]2CC[C@H](C1)N2CC(=O)NC[C@@H]1CCCO1. The molecule has 3 fully saturated rings. The van der Waals surface area contributed by atoms with Crippen molar-refractivity contribution >= 4 is 5.91 Å². The molecule has 0 aliphatic carbocycles. The van der Waals surface area contributed by atoms with Crippen LogP contribution in [0.1, 0.15) is 44.3 Å². The Morgan fingerprint density at radius 3 is 2.76 bits per heavy atom. The van der Waals surface area contributed by atoms with Gasteiger partial charge in [-0.25, -0.2) is 4.98 Å². The highest BCUT2D eigenvalue weighted by Gasteiger charge is 2.50. The summed E-state index contributed by atoms with van der Waals surface area (Å²) >= 11 is 0. The first kappa shape index (κ1) is 17.0. The summed E-state index contributed by atoms with van der Waals surface area (Å²) in [6.07, 6.45) is 9.28. The van der Waals surface area contributed by atoms with Crippen LogP contribution in [0.25, 0.3) is 0 Å². The predicted octanol–water partition coefficient (Wildman–Crippen LogP) is 0.530. The number of amides is 1. The third kappa shape index (κ3) is 3.32. The molecule has 0 spiro atoms. The van der Waals surface area contributed by atoms with Crippen molar-refractivity contribution in [2.45, 2.75) is 62.3 Å². The number of carbonyl (C=O) groups is 1. The van der Waals surface area contributed by atoms with Crippen molar-refractivity contribution in [2.75, 3.05) is 19.7 Å². The van der Waals surface area contributed by atoms with Gasteiger partial charge in [0.2, 0.25) is 5.91 Å². The van der Waals surface area contributed by atoms with E-state index in [0.717, 1.165) is 38.1 Å². The number of nitrogens with zero attached hydrogens (tertiary/aromatic N) is 3. The van der Waals surface area contributed by atoms with Gasteiger partial charge in [-0.3, -0.25) is 9.69 Å². The Morgan fingerprint density at radius 2 is 2.16 bits per heavy atom. The second-order valence-electron chi connectivity index (χ2n) is 7.80. The van der Waals surface area contributed by atoms with E-state index in [1.807, 2.05) is 17.8 Å². The van der Waals surface area contributed by atoms with E-state index in [9.17, 15) is 9.90 Å². The number of aliphatic hydroxyl groups is 1. The summed E-state index contributed by atoms with van der Waals surface area (Å²) in [6, 6.07) is 0.489. The smallest absolute Gasteiger partial charge is 0.234 e. The summed E-state index contributed by atoms with van der Waals surface area (Å²) in [6.45, 7) is 1.83. The average molecular weight is 348 g/mol. The van der Waals surface area contributed by atoms with Crippen molar-refractivity contribution in [1.29, 1.82) is 0 Å². The number of aryl methyl sites for hydroxylation is 1. The molecule has 3 atom stereocenters. The molecule has 1 aromatic heterocycles. The lowest BCUT2D eigenvalue weighted by Gasteiger charge is -2.43. The quantitative estimate of drug-likeness (QED) is 0.811. The van der Waals surface area contributed by atoms with Gasteiger partial charge in [0.15, 0.2) is 0 Å². The largest absolute Gasteiger partial charge is 0.382 e. The summed E-state index contributed by atoms with van der Waals surface area (Å²) in [7, 11) is 1.92. The molecule has 1 aromatic rings. The number of aromatic nitrogens is 2. The van der Waals surface area contributed by atoms with E-state index in [4.69, 9.17) is 4.74 Å². The number of ether oxygens (including phenoxy) is 1. The summed E-state index contributed by atoms with van der Waals surface area (Å²) in [5.41, 5.74) is -0.880. The molecule has 2 bridgehead atoms.